The molecule has 2 N–H and O–H groups in total. The zero-order valence-electron chi connectivity index (χ0n) is 6.62. The van der Waals surface area contributed by atoms with Crippen LogP contribution in [-0.2, 0) is 0 Å². The molecule has 0 aromatic carbocycles. The Balaban J connectivity index is 2.29. The van der Waals surface area contributed by atoms with E-state index in [2.05, 4.69) is 25.1 Å². The van der Waals surface area contributed by atoms with Crippen molar-refractivity contribution in [3.63, 3.8) is 0 Å². The fourth-order valence-electron chi connectivity index (χ4n) is 0.939. The Hall–Kier alpha value is -1.82. The van der Waals surface area contributed by atoms with Gasteiger partial charge in [-0.25, -0.2) is 4.98 Å². The molecule has 1 atom stereocenters. The van der Waals surface area contributed by atoms with Crippen LogP contribution in [-0.4, -0.2) is 30.3 Å². The number of H-pyrrole nitrogens is 1. The largest absolute Gasteiger partial charge is 0.379 e. The molecule has 0 saturated carbocycles. The molecule has 0 spiro atoms. The second kappa shape index (κ2) is 3.28. The van der Waals surface area contributed by atoms with Gasteiger partial charge in [-0.3, -0.25) is 15.1 Å². The molecule has 2 rings (SSSR count). The third-order valence-electron chi connectivity index (χ3n) is 1.56. The van der Waals surface area contributed by atoms with E-state index >= 15 is 0 Å². The number of nitrogens with one attached hydrogen (secondary N) is 1. The standard InChI is InChI=1S/C7H7N5O/c13-6(7-10-4-11-12-7)5-3-8-1-2-9-5/h1-4,6,13H,(H,10,11,12). The van der Waals surface area contributed by atoms with Gasteiger partial charge in [-0.2, -0.15) is 5.10 Å². The molecule has 0 aliphatic rings. The maximum Gasteiger partial charge on any atom is 0.159 e. The summed E-state index contributed by atoms with van der Waals surface area (Å²) in [6.07, 6.45) is 4.96. The quantitative estimate of drug-likeness (QED) is 0.656. The first-order valence-electron chi connectivity index (χ1n) is 3.67. The lowest BCUT2D eigenvalue weighted by Crippen LogP contribution is -2.04. The summed E-state index contributed by atoms with van der Waals surface area (Å²) in [5.74, 6) is 0.362. The average Bonchev–Trinajstić information content (AvgIpc) is 2.71. The Labute approximate surface area is 73.7 Å². The average molecular weight is 177 g/mol. The fourth-order valence-corrected chi connectivity index (χ4v) is 0.939. The minimum atomic E-state index is -0.892. The van der Waals surface area contributed by atoms with Crippen LogP contribution in [0.5, 0.6) is 0 Å². The minimum Gasteiger partial charge on any atom is -0.379 e. The summed E-state index contributed by atoms with van der Waals surface area (Å²) in [6.45, 7) is 0. The molecule has 66 valence electrons. The molecule has 0 aliphatic heterocycles. The van der Waals surface area contributed by atoms with E-state index in [4.69, 9.17) is 0 Å². The van der Waals surface area contributed by atoms with E-state index in [0.29, 0.717) is 11.5 Å². The summed E-state index contributed by atoms with van der Waals surface area (Å²) in [7, 11) is 0. The maximum atomic E-state index is 9.64. The third-order valence-corrected chi connectivity index (χ3v) is 1.56. The number of hydrogen-bond donors (Lipinski definition) is 2. The highest BCUT2D eigenvalue weighted by atomic mass is 16.3. The number of aliphatic hydroxyl groups is 1. The maximum absolute atomic E-state index is 9.64. The molecule has 6 heteroatoms. The Bertz CT molecular complexity index is 360. The van der Waals surface area contributed by atoms with Gasteiger partial charge in [0.05, 0.1) is 11.9 Å². The molecule has 2 aromatic heterocycles. The Kier molecular flexibility index (Phi) is 1.97. The van der Waals surface area contributed by atoms with Crippen molar-refractivity contribution in [2.75, 3.05) is 0 Å². The number of aromatic amines is 1. The van der Waals surface area contributed by atoms with E-state index in [9.17, 15) is 5.11 Å². The smallest absolute Gasteiger partial charge is 0.159 e. The lowest BCUT2D eigenvalue weighted by atomic mass is 10.2. The number of hydrogen-bond acceptors (Lipinski definition) is 5. The number of aliphatic hydroxyl groups excluding tert-OH is 1. The zero-order chi connectivity index (χ0) is 9.10. The Morgan fingerprint density at radius 1 is 1.31 bits per heavy atom. The van der Waals surface area contributed by atoms with Crippen LogP contribution in [0.2, 0.25) is 0 Å². The normalized spacial score (nSPS) is 12.7. The van der Waals surface area contributed by atoms with Crippen LogP contribution >= 0.6 is 0 Å². The summed E-state index contributed by atoms with van der Waals surface area (Å²) in [6, 6.07) is 0. The van der Waals surface area contributed by atoms with E-state index in [0.717, 1.165) is 0 Å². The highest BCUT2D eigenvalue weighted by molar-refractivity contribution is 5.08. The number of rotatable bonds is 2. The summed E-state index contributed by atoms with van der Waals surface area (Å²) in [5, 5.41) is 15.8. The van der Waals surface area contributed by atoms with E-state index in [-0.39, 0.29) is 0 Å². The molecule has 0 saturated heterocycles. The number of aromatic nitrogens is 5. The second-order valence-electron chi connectivity index (χ2n) is 2.40. The molecule has 0 bridgehead atoms. The van der Waals surface area contributed by atoms with Crippen molar-refractivity contribution in [1.29, 1.82) is 0 Å². The summed E-state index contributed by atoms with van der Waals surface area (Å²) in [4.78, 5) is 11.6. The van der Waals surface area contributed by atoms with E-state index < -0.39 is 6.10 Å². The van der Waals surface area contributed by atoms with Gasteiger partial charge >= 0.3 is 0 Å². The van der Waals surface area contributed by atoms with Crippen LogP contribution in [0.4, 0.5) is 0 Å². The molecule has 0 radical (unpaired) electrons. The van der Waals surface area contributed by atoms with Gasteiger partial charge < -0.3 is 5.11 Å². The Morgan fingerprint density at radius 3 is 2.85 bits per heavy atom. The van der Waals surface area contributed by atoms with Crippen molar-refractivity contribution in [1.82, 2.24) is 25.1 Å². The molecular weight excluding hydrogens is 170 g/mol. The van der Waals surface area contributed by atoms with Gasteiger partial charge in [-0.1, -0.05) is 0 Å². The first-order valence-corrected chi connectivity index (χ1v) is 3.67. The fraction of sp³-hybridized carbons (Fsp3) is 0.143. The van der Waals surface area contributed by atoms with Crippen LogP contribution in [0.3, 0.4) is 0 Å². The topological polar surface area (TPSA) is 87.6 Å². The predicted octanol–water partition coefficient (Wildman–Crippen LogP) is -0.324. The van der Waals surface area contributed by atoms with Gasteiger partial charge in [0.1, 0.15) is 6.33 Å². The van der Waals surface area contributed by atoms with Crippen LogP contribution < -0.4 is 0 Å². The van der Waals surface area contributed by atoms with Crippen LogP contribution in [0, 0.1) is 0 Å². The van der Waals surface area contributed by atoms with Gasteiger partial charge in [0.25, 0.3) is 0 Å². The van der Waals surface area contributed by atoms with Gasteiger partial charge in [-0.15, -0.1) is 0 Å². The van der Waals surface area contributed by atoms with Crippen LogP contribution in [0.1, 0.15) is 17.6 Å². The lowest BCUT2D eigenvalue weighted by Gasteiger charge is -2.04. The first kappa shape index (κ1) is 7.81. The molecule has 0 amide bonds. The molecule has 0 fully saturated rings. The van der Waals surface area contributed by atoms with Crippen LogP contribution in [0.15, 0.2) is 24.9 Å². The van der Waals surface area contributed by atoms with Crippen molar-refractivity contribution in [3.8, 4) is 0 Å². The molecule has 2 heterocycles. The predicted molar refractivity (Wildman–Crippen MR) is 42.5 cm³/mol. The van der Waals surface area contributed by atoms with Crippen molar-refractivity contribution in [2.45, 2.75) is 6.10 Å². The highest BCUT2D eigenvalue weighted by Gasteiger charge is 2.13. The van der Waals surface area contributed by atoms with Crippen LogP contribution in [0.25, 0.3) is 0 Å². The highest BCUT2D eigenvalue weighted by Crippen LogP contribution is 2.13. The van der Waals surface area contributed by atoms with Gasteiger partial charge in [0.15, 0.2) is 11.9 Å². The molecule has 1 unspecified atom stereocenters. The Morgan fingerprint density at radius 2 is 2.23 bits per heavy atom. The minimum absolute atomic E-state index is 0.362. The summed E-state index contributed by atoms with van der Waals surface area (Å²) >= 11 is 0. The summed E-state index contributed by atoms with van der Waals surface area (Å²) in [5.41, 5.74) is 0.444. The summed E-state index contributed by atoms with van der Waals surface area (Å²) < 4.78 is 0. The first-order chi connectivity index (χ1) is 6.38. The molecule has 0 aliphatic carbocycles. The molecule has 6 nitrogen and oxygen atoms in total. The van der Waals surface area contributed by atoms with Crippen molar-refractivity contribution in [2.24, 2.45) is 0 Å². The van der Waals surface area contributed by atoms with Gasteiger partial charge in [-0.05, 0) is 0 Å². The van der Waals surface area contributed by atoms with Gasteiger partial charge in [0.2, 0.25) is 0 Å². The van der Waals surface area contributed by atoms with Gasteiger partial charge in [0, 0.05) is 12.4 Å². The SMILES string of the molecule is OC(c1cnccn1)c1ncn[nH]1. The van der Waals surface area contributed by atoms with E-state index in [1.54, 1.807) is 0 Å². The lowest BCUT2D eigenvalue weighted by molar-refractivity contribution is 0.205. The monoisotopic (exact) mass is 177 g/mol. The molecular formula is C7H7N5O. The molecule has 13 heavy (non-hydrogen) atoms. The number of nitrogens with zero attached hydrogens (tertiary/aromatic N) is 4. The van der Waals surface area contributed by atoms with E-state index in [1.807, 2.05) is 0 Å². The van der Waals surface area contributed by atoms with E-state index in [1.165, 1.54) is 24.9 Å². The van der Waals surface area contributed by atoms with Crippen molar-refractivity contribution in [3.05, 3.63) is 36.4 Å². The zero-order valence-corrected chi connectivity index (χ0v) is 6.62. The molecule has 2 aromatic rings. The van der Waals surface area contributed by atoms with Crippen molar-refractivity contribution >= 4 is 0 Å². The second-order valence-corrected chi connectivity index (χ2v) is 2.40. The van der Waals surface area contributed by atoms with Crippen molar-refractivity contribution < 1.29 is 5.11 Å². The third kappa shape index (κ3) is 1.52.